The molecule has 0 aromatic heterocycles. The van der Waals surface area contributed by atoms with E-state index < -0.39 is 18.0 Å². The number of hydrogen-bond acceptors (Lipinski definition) is 4. The molecule has 1 aromatic carbocycles. The smallest absolute Gasteiger partial charge is 0.338 e. The molecule has 0 unspecified atom stereocenters. The van der Waals surface area contributed by atoms with Crippen molar-refractivity contribution in [3.8, 4) is 5.75 Å². The van der Waals surface area contributed by atoms with E-state index in [9.17, 15) is 14.7 Å². The summed E-state index contributed by atoms with van der Waals surface area (Å²) in [6.07, 6.45) is 0. The molecule has 0 saturated carbocycles. The van der Waals surface area contributed by atoms with E-state index in [-0.39, 0.29) is 17.2 Å². The minimum atomic E-state index is -0.675. The van der Waals surface area contributed by atoms with Crippen LogP contribution >= 0.6 is 11.6 Å². The molecule has 1 heterocycles. The van der Waals surface area contributed by atoms with Gasteiger partial charge in [0.25, 0.3) is 0 Å². The van der Waals surface area contributed by atoms with Gasteiger partial charge >= 0.3 is 12.0 Å². The number of benzene rings is 1. The van der Waals surface area contributed by atoms with Crippen LogP contribution in [0.4, 0.5) is 4.79 Å². The van der Waals surface area contributed by atoms with Crippen LogP contribution in [0, 0.1) is 0 Å². The Morgan fingerprint density at radius 1 is 1.40 bits per heavy atom. The molecular formula is C13H13ClN2O4. The molecule has 2 rings (SSSR count). The summed E-state index contributed by atoms with van der Waals surface area (Å²) in [6, 6.07) is 5.04. The van der Waals surface area contributed by atoms with E-state index in [1.54, 1.807) is 12.1 Å². The minimum absolute atomic E-state index is 0.0214. The standard InChI is InChI=1S/C13H13ClN2O4/c1-20-12(18)10-9(6-14)15-13(19)16-11(10)7-2-4-8(17)5-3-7/h2-5,11,17H,6H2,1H3,(H2,15,16,19)/t11-/m0/s1. The van der Waals surface area contributed by atoms with Gasteiger partial charge in [-0.1, -0.05) is 12.1 Å². The molecule has 0 radical (unpaired) electrons. The van der Waals surface area contributed by atoms with Crippen LogP contribution in [-0.4, -0.2) is 30.1 Å². The Labute approximate surface area is 120 Å². The summed E-state index contributed by atoms with van der Waals surface area (Å²) in [5, 5.41) is 14.4. The SMILES string of the molecule is COC(=O)C1=C(CCl)NC(=O)N[C@H]1c1ccc(O)cc1. The Kier molecular flexibility index (Phi) is 4.14. The van der Waals surface area contributed by atoms with Gasteiger partial charge in [-0.05, 0) is 17.7 Å². The van der Waals surface area contributed by atoms with E-state index in [1.807, 2.05) is 0 Å². The highest BCUT2D eigenvalue weighted by atomic mass is 35.5. The van der Waals surface area contributed by atoms with Crippen LogP contribution in [0.25, 0.3) is 0 Å². The van der Waals surface area contributed by atoms with Crippen molar-refractivity contribution < 1.29 is 19.4 Å². The average Bonchev–Trinajstić information content (AvgIpc) is 2.46. The van der Waals surface area contributed by atoms with Crippen LogP contribution in [0.5, 0.6) is 5.75 Å². The Hall–Kier alpha value is -2.21. The molecule has 0 aliphatic carbocycles. The fraction of sp³-hybridized carbons (Fsp3) is 0.231. The number of phenols is 1. The highest BCUT2D eigenvalue weighted by Crippen LogP contribution is 2.28. The van der Waals surface area contributed by atoms with E-state index in [2.05, 4.69) is 10.6 Å². The Bertz CT molecular complexity index is 568. The zero-order valence-corrected chi connectivity index (χ0v) is 11.4. The number of ether oxygens (including phenoxy) is 1. The van der Waals surface area contributed by atoms with Gasteiger partial charge in [-0.2, -0.15) is 0 Å². The Morgan fingerprint density at radius 3 is 2.60 bits per heavy atom. The molecule has 2 amide bonds. The quantitative estimate of drug-likeness (QED) is 0.581. The number of alkyl halides is 1. The first-order valence-corrected chi connectivity index (χ1v) is 6.34. The third-order valence-electron chi connectivity index (χ3n) is 2.92. The predicted molar refractivity (Wildman–Crippen MR) is 72.3 cm³/mol. The maximum absolute atomic E-state index is 11.9. The topological polar surface area (TPSA) is 87.7 Å². The highest BCUT2D eigenvalue weighted by Gasteiger charge is 2.32. The third kappa shape index (κ3) is 2.70. The zero-order chi connectivity index (χ0) is 14.7. The first-order chi connectivity index (χ1) is 9.56. The number of hydrogen-bond donors (Lipinski definition) is 3. The van der Waals surface area contributed by atoms with Crippen molar-refractivity contribution in [1.29, 1.82) is 0 Å². The van der Waals surface area contributed by atoms with E-state index in [0.29, 0.717) is 11.3 Å². The van der Waals surface area contributed by atoms with E-state index >= 15 is 0 Å². The summed E-state index contributed by atoms with van der Waals surface area (Å²) >= 11 is 5.77. The molecule has 0 saturated heterocycles. The fourth-order valence-electron chi connectivity index (χ4n) is 1.99. The first-order valence-electron chi connectivity index (χ1n) is 5.80. The van der Waals surface area contributed by atoms with Crippen molar-refractivity contribution in [2.75, 3.05) is 13.0 Å². The number of rotatable bonds is 3. The van der Waals surface area contributed by atoms with Crippen molar-refractivity contribution in [3.05, 3.63) is 41.1 Å². The van der Waals surface area contributed by atoms with Crippen LogP contribution in [-0.2, 0) is 9.53 Å². The van der Waals surface area contributed by atoms with Crippen LogP contribution in [0.2, 0.25) is 0 Å². The molecule has 0 spiro atoms. The maximum Gasteiger partial charge on any atom is 0.338 e. The molecule has 1 aliphatic rings. The number of urea groups is 1. The number of aromatic hydroxyl groups is 1. The number of halogens is 1. The molecule has 0 fully saturated rings. The lowest BCUT2D eigenvalue weighted by Crippen LogP contribution is -2.46. The monoisotopic (exact) mass is 296 g/mol. The number of phenolic OH excluding ortho intramolecular Hbond substituents is 1. The predicted octanol–water partition coefficient (Wildman–Crippen LogP) is 1.41. The fourth-order valence-corrected chi connectivity index (χ4v) is 2.20. The Morgan fingerprint density at radius 2 is 2.05 bits per heavy atom. The largest absolute Gasteiger partial charge is 0.508 e. The van der Waals surface area contributed by atoms with Gasteiger partial charge in [0.05, 0.1) is 24.6 Å². The number of methoxy groups -OCH3 is 1. The second-order valence-electron chi connectivity index (χ2n) is 4.14. The lowest BCUT2D eigenvalue weighted by molar-refractivity contribution is -0.136. The molecule has 106 valence electrons. The van der Waals surface area contributed by atoms with Gasteiger partial charge in [0.2, 0.25) is 0 Å². The molecule has 3 N–H and O–H groups in total. The lowest BCUT2D eigenvalue weighted by atomic mass is 9.95. The number of allylic oxidation sites excluding steroid dienone is 1. The van der Waals surface area contributed by atoms with Crippen LogP contribution in [0.3, 0.4) is 0 Å². The summed E-state index contributed by atoms with van der Waals surface area (Å²) in [7, 11) is 1.26. The summed E-state index contributed by atoms with van der Waals surface area (Å²) in [6.45, 7) is 0. The molecule has 6 nitrogen and oxygen atoms in total. The van der Waals surface area contributed by atoms with Gasteiger partial charge in [-0.15, -0.1) is 11.6 Å². The highest BCUT2D eigenvalue weighted by molar-refractivity contribution is 6.20. The molecule has 1 atom stereocenters. The van der Waals surface area contributed by atoms with Crippen molar-refractivity contribution in [2.24, 2.45) is 0 Å². The summed E-state index contributed by atoms with van der Waals surface area (Å²) in [4.78, 5) is 23.5. The number of esters is 1. The van der Waals surface area contributed by atoms with Crippen molar-refractivity contribution in [1.82, 2.24) is 10.6 Å². The summed E-state index contributed by atoms with van der Waals surface area (Å²) in [5.41, 5.74) is 1.19. The van der Waals surface area contributed by atoms with Gasteiger partial charge < -0.3 is 20.5 Å². The number of amides is 2. The summed E-state index contributed by atoms with van der Waals surface area (Å²) < 4.78 is 4.74. The van der Waals surface area contributed by atoms with Crippen molar-refractivity contribution in [2.45, 2.75) is 6.04 Å². The molecule has 7 heteroatoms. The van der Waals surface area contributed by atoms with E-state index in [1.165, 1.54) is 19.2 Å². The Balaban J connectivity index is 2.49. The van der Waals surface area contributed by atoms with Crippen LogP contribution in [0.15, 0.2) is 35.5 Å². The second-order valence-corrected chi connectivity index (χ2v) is 4.41. The van der Waals surface area contributed by atoms with E-state index in [0.717, 1.165) is 0 Å². The van der Waals surface area contributed by atoms with Gasteiger partial charge in [0.1, 0.15) is 5.75 Å². The molecule has 1 aliphatic heterocycles. The number of carbonyl (C=O) groups is 2. The van der Waals surface area contributed by atoms with Crippen molar-refractivity contribution >= 4 is 23.6 Å². The number of nitrogens with one attached hydrogen (secondary N) is 2. The molecule has 1 aromatic rings. The van der Waals surface area contributed by atoms with Crippen LogP contribution in [0.1, 0.15) is 11.6 Å². The van der Waals surface area contributed by atoms with Gasteiger partial charge in [0.15, 0.2) is 0 Å². The summed E-state index contributed by atoms with van der Waals surface area (Å²) in [5.74, 6) is -0.506. The zero-order valence-electron chi connectivity index (χ0n) is 10.6. The minimum Gasteiger partial charge on any atom is -0.508 e. The van der Waals surface area contributed by atoms with Crippen LogP contribution < -0.4 is 10.6 Å². The van der Waals surface area contributed by atoms with Gasteiger partial charge in [-0.3, -0.25) is 0 Å². The normalized spacial score (nSPS) is 18.3. The average molecular weight is 297 g/mol. The lowest BCUT2D eigenvalue weighted by Gasteiger charge is -2.28. The van der Waals surface area contributed by atoms with Gasteiger partial charge in [0, 0.05) is 5.70 Å². The molecule has 0 bridgehead atoms. The maximum atomic E-state index is 11.9. The third-order valence-corrected chi connectivity index (χ3v) is 3.19. The van der Waals surface area contributed by atoms with Crippen molar-refractivity contribution in [3.63, 3.8) is 0 Å². The molecular weight excluding hydrogens is 284 g/mol. The molecule has 20 heavy (non-hydrogen) atoms. The second kappa shape index (κ2) is 5.83. The number of carbonyl (C=O) groups excluding carboxylic acids is 2. The van der Waals surface area contributed by atoms with E-state index in [4.69, 9.17) is 16.3 Å². The van der Waals surface area contributed by atoms with Gasteiger partial charge in [-0.25, -0.2) is 9.59 Å². The first kappa shape index (κ1) is 14.2.